The second-order valence-corrected chi connectivity index (χ2v) is 8.78. The van der Waals surface area contributed by atoms with Gasteiger partial charge >= 0.3 is 17.9 Å². The number of aliphatic hydroxyl groups excluding tert-OH is 1. The van der Waals surface area contributed by atoms with Gasteiger partial charge in [0.2, 0.25) is 0 Å². The highest BCUT2D eigenvalue weighted by Crippen LogP contribution is 2.14. The molecular weight excluding hydrogens is 378 g/mol. The Hall–Kier alpha value is -1.67. The Balaban J connectivity index is 3.85. The van der Waals surface area contributed by atoms with Gasteiger partial charge in [-0.05, 0) is 25.7 Å². The third-order valence-corrected chi connectivity index (χ3v) is 4.55. The fourth-order valence-electron chi connectivity index (χ4n) is 3.18. The number of nitrogens with zero attached hydrogens (tertiary/aromatic N) is 1. The fraction of sp³-hybridized carbons (Fsp3) is 0.857. The molecule has 0 aromatic carbocycles. The predicted octanol–water partition coefficient (Wildman–Crippen LogP) is 2.82. The first-order chi connectivity index (χ1) is 13.5. The summed E-state index contributed by atoms with van der Waals surface area (Å²) in [5.41, 5.74) is 0. The van der Waals surface area contributed by atoms with Crippen LogP contribution in [0.25, 0.3) is 0 Å². The molecule has 0 radical (unpaired) electrons. The molecule has 29 heavy (non-hydrogen) atoms. The molecule has 0 saturated heterocycles. The molecule has 0 aromatic rings. The summed E-state index contributed by atoms with van der Waals surface area (Å²) < 4.78 is 5.83. The number of ether oxygens (including phenoxy) is 1. The minimum absolute atomic E-state index is 0.175. The summed E-state index contributed by atoms with van der Waals surface area (Å²) in [4.78, 5) is 33.3. The van der Waals surface area contributed by atoms with Crippen LogP contribution in [0.1, 0.15) is 77.0 Å². The number of likely N-dealkylation sites (N-methyl/N-ethyl adjacent to an activating group) is 1. The number of hydrogen-bond acceptors (Lipinski definition) is 5. The van der Waals surface area contributed by atoms with Gasteiger partial charge < -0.3 is 24.5 Å². The molecule has 170 valence electrons. The summed E-state index contributed by atoms with van der Waals surface area (Å²) in [6.45, 7) is 0.428. The number of carboxylic acid groups (broad SMARTS) is 2. The minimum atomic E-state index is -0.992. The molecule has 0 rings (SSSR count). The third kappa shape index (κ3) is 19.4. The maximum absolute atomic E-state index is 12.0. The predicted molar refractivity (Wildman–Crippen MR) is 109 cm³/mol. The summed E-state index contributed by atoms with van der Waals surface area (Å²) >= 11 is 0. The molecule has 0 saturated carbocycles. The highest BCUT2D eigenvalue weighted by atomic mass is 16.5. The first-order valence-electron chi connectivity index (χ1n) is 10.6. The lowest BCUT2D eigenvalue weighted by Gasteiger charge is -2.28. The SMILES string of the molecule is C[N+](C)(C)CC(CC(=O)O)OC(=O)CCCC(O)CCCCCCCCC(=O)O. The molecular formula is C21H40NO7+. The summed E-state index contributed by atoms with van der Waals surface area (Å²) in [6.07, 6.45) is 6.43. The molecule has 0 aliphatic carbocycles. The Kier molecular flexibility index (Phi) is 14.3. The van der Waals surface area contributed by atoms with E-state index in [9.17, 15) is 19.5 Å². The van der Waals surface area contributed by atoms with E-state index in [1.807, 2.05) is 21.1 Å². The van der Waals surface area contributed by atoms with Crippen LogP contribution >= 0.6 is 0 Å². The Morgan fingerprint density at radius 3 is 1.90 bits per heavy atom. The van der Waals surface area contributed by atoms with Gasteiger partial charge in [-0.25, -0.2) is 0 Å². The van der Waals surface area contributed by atoms with Gasteiger partial charge in [0.05, 0.1) is 33.7 Å². The minimum Gasteiger partial charge on any atom is -0.481 e. The van der Waals surface area contributed by atoms with Gasteiger partial charge in [0.25, 0.3) is 0 Å². The van der Waals surface area contributed by atoms with Crippen LogP contribution < -0.4 is 0 Å². The van der Waals surface area contributed by atoms with Crippen LogP contribution in [-0.4, -0.2) is 77.6 Å². The lowest BCUT2D eigenvalue weighted by molar-refractivity contribution is -0.873. The quantitative estimate of drug-likeness (QED) is 0.178. The Labute approximate surface area is 174 Å². The highest BCUT2D eigenvalue weighted by molar-refractivity contribution is 5.71. The summed E-state index contributed by atoms with van der Waals surface area (Å²) in [7, 11) is 5.74. The average molecular weight is 419 g/mol. The molecule has 8 nitrogen and oxygen atoms in total. The zero-order valence-corrected chi connectivity index (χ0v) is 18.3. The van der Waals surface area contributed by atoms with Gasteiger partial charge in [0.1, 0.15) is 6.54 Å². The van der Waals surface area contributed by atoms with E-state index in [0.29, 0.717) is 30.3 Å². The monoisotopic (exact) mass is 418 g/mol. The molecule has 3 N–H and O–H groups in total. The zero-order chi connectivity index (χ0) is 22.3. The number of carboxylic acids is 2. The molecule has 8 heteroatoms. The van der Waals surface area contributed by atoms with Crippen molar-refractivity contribution in [2.45, 2.75) is 89.3 Å². The molecule has 0 heterocycles. The van der Waals surface area contributed by atoms with Crippen molar-refractivity contribution in [1.82, 2.24) is 0 Å². The van der Waals surface area contributed by atoms with Crippen LogP contribution in [0.5, 0.6) is 0 Å². The van der Waals surface area contributed by atoms with Gasteiger partial charge in [-0.1, -0.05) is 32.1 Å². The van der Waals surface area contributed by atoms with Crippen LogP contribution in [0.15, 0.2) is 0 Å². The molecule has 2 unspecified atom stereocenters. The average Bonchev–Trinajstić information content (AvgIpc) is 2.54. The zero-order valence-electron chi connectivity index (χ0n) is 18.3. The normalized spacial score (nSPS) is 13.7. The lowest BCUT2D eigenvalue weighted by atomic mass is 10.0. The second-order valence-electron chi connectivity index (χ2n) is 8.78. The molecule has 0 spiro atoms. The third-order valence-electron chi connectivity index (χ3n) is 4.55. The van der Waals surface area contributed by atoms with E-state index in [-0.39, 0.29) is 19.3 Å². The molecule has 0 fully saturated rings. The van der Waals surface area contributed by atoms with Crippen molar-refractivity contribution in [3.05, 3.63) is 0 Å². The second kappa shape index (κ2) is 15.2. The maximum Gasteiger partial charge on any atom is 0.307 e. The standard InChI is InChI=1S/C21H39NO7/c1-22(2,3)16-18(15-20(26)27)29-21(28)14-10-12-17(23)11-8-6-4-5-7-9-13-19(24)25/h17-18,23H,4-16H2,1-3H3,(H-,24,25,26,27)/p+1. The van der Waals surface area contributed by atoms with Gasteiger partial charge in [0, 0.05) is 12.8 Å². The molecule has 0 aliphatic heterocycles. The topological polar surface area (TPSA) is 121 Å². The first-order valence-corrected chi connectivity index (χ1v) is 10.6. The van der Waals surface area contributed by atoms with Gasteiger partial charge in [0.15, 0.2) is 6.10 Å². The number of carbonyl (C=O) groups is 3. The number of unbranched alkanes of at least 4 members (excludes halogenated alkanes) is 5. The van der Waals surface area contributed by atoms with E-state index < -0.39 is 30.1 Å². The van der Waals surface area contributed by atoms with Crippen molar-refractivity contribution in [3.8, 4) is 0 Å². The van der Waals surface area contributed by atoms with Crippen LogP contribution in [0.4, 0.5) is 0 Å². The number of quaternary nitrogens is 1. The number of aliphatic hydroxyl groups is 1. The van der Waals surface area contributed by atoms with E-state index >= 15 is 0 Å². The van der Waals surface area contributed by atoms with E-state index in [0.717, 1.165) is 38.5 Å². The molecule has 0 bridgehead atoms. The van der Waals surface area contributed by atoms with Gasteiger partial charge in [-0.3, -0.25) is 14.4 Å². The number of hydrogen-bond donors (Lipinski definition) is 3. The maximum atomic E-state index is 12.0. The Bertz CT molecular complexity index is 488. The Morgan fingerprint density at radius 2 is 1.34 bits per heavy atom. The van der Waals surface area contributed by atoms with Crippen LogP contribution in [0, 0.1) is 0 Å². The highest BCUT2D eigenvalue weighted by Gasteiger charge is 2.24. The molecule has 0 aromatic heterocycles. The van der Waals surface area contributed by atoms with Gasteiger partial charge in [-0.15, -0.1) is 0 Å². The first kappa shape index (κ1) is 27.3. The van der Waals surface area contributed by atoms with E-state index in [4.69, 9.17) is 14.9 Å². The lowest BCUT2D eigenvalue weighted by Crippen LogP contribution is -2.43. The van der Waals surface area contributed by atoms with Crippen molar-refractivity contribution in [2.75, 3.05) is 27.7 Å². The number of aliphatic carboxylic acids is 2. The van der Waals surface area contributed by atoms with E-state index in [1.165, 1.54) is 0 Å². The fourth-order valence-corrected chi connectivity index (χ4v) is 3.18. The van der Waals surface area contributed by atoms with Crippen LogP contribution in [-0.2, 0) is 19.1 Å². The van der Waals surface area contributed by atoms with Crippen molar-refractivity contribution in [2.24, 2.45) is 0 Å². The number of esters is 1. The molecule has 0 aliphatic rings. The van der Waals surface area contributed by atoms with Crippen LogP contribution in [0.2, 0.25) is 0 Å². The van der Waals surface area contributed by atoms with E-state index in [2.05, 4.69) is 0 Å². The number of carbonyl (C=O) groups excluding carboxylic acids is 1. The molecule has 2 atom stereocenters. The van der Waals surface area contributed by atoms with Crippen LogP contribution in [0.3, 0.4) is 0 Å². The van der Waals surface area contributed by atoms with Crippen molar-refractivity contribution in [3.63, 3.8) is 0 Å². The van der Waals surface area contributed by atoms with Crippen molar-refractivity contribution in [1.29, 1.82) is 0 Å². The Morgan fingerprint density at radius 1 is 0.793 bits per heavy atom. The largest absolute Gasteiger partial charge is 0.481 e. The summed E-state index contributed by atoms with van der Waals surface area (Å²) in [6, 6.07) is 0. The van der Waals surface area contributed by atoms with E-state index in [1.54, 1.807) is 0 Å². The number of rotatable bonds is 18. The molecule has 0 amide bonds. The van der Waals surface area contributed by atoms with Crippen molar-refractivity contribution >= 4 is 17.9 Å². The summed E-state index contributed by atoms with van der Waals surface area (Å²) in [5, 5.41) is 27.6. The smallest absolute Gasteiger partial charge is 0.307 e. The van der Waals surface area contributed by atoms with Gasteiger partial charge in [-0.2, -0.15) is 0 Å². The van der Waals surface area contributed by atoms with Crippen molar-refractivity contribution < 1.29 is 38.9 Å². The summed E-state index contributed by atoms with van der Waals surface area (Å²) in [5.74, 6) is -2.16.